The van der Waals surface area contributed by atoms with Crippen molar-refractivity contribution >= 4 is 28.4 Å². The van der Waals surface area contributed by atoms with Crippen LogP contribution in [0.2, 0.25) is 0 Å². The monoisotopic (exact) mass is 569 g/mol. The third-order valence-electron chi connectivity index (χ3n) is 6.57. The summed E-state index contributed by atoms with van der Waals surface area (Å²) in [5.41, 5.74) is 2.84. The predicted molar refractivity (Wildman–Crippen MR) is 156 cm³/mol. The summed E-state index contributed by atoms with van der Waals surface area (Å²) < 4.78 is 38.4. The van der Waals surface area contributed by atoms with Gasteiger partial charge in [0.1, 0.15) is 29.2 Å². The van der Waals surface area contributed by atoms with Gasteiger partial charge in [-0.2, -0.15) is 0 Å². The summed E-state index contributed by atoms with van der Waals surface area (Å²) in [4.78, 5) is 29.3. The smallest absolute Gasteiger partial charge is 0.247 e. The predicted octanol–water partition coefficient (Wildman–Crippen LogP) is 6.51. The number of nitrogens with one attached hydrogen (secondary N) is 3. The molecule has 0 aliphatic carbocycles. The number of ether oxygens (including phenoxy) is 2. The minimum atomic E-state index is -0.884. The van der Waals surface area contributed by atoms with Crippen molar-refractivity contribution in [2.75, 3.05) is 11.9 Å². The first-order chi connectivity index (χ1) is 20.4. The first-order valence-electron chi connectivity index (χ1n) is 13.4. The van der Waals surface area contributed by atoms with Crippen LogP contribution in [0.4, 0.5) is 14.5 Å². The number of amides is 2. The summed E-state index contributed by atoms with van der Waals surface area (Å²) in [6.07, 6.45) is 1.86. The molecule has 5 rings (SSSR count). The Morgan fingerprint density at radius 3 is 2.26 bits per heavy atom. The Morgan fingerprint density at radius 2 is 1.52 bits per heavy atom. The number of aromatic nitrogens is 1. The molecule has 0 radical (unpaired) electrons. The van der Waals surface area contributed by atoms with Gasteiger partial charge in [0.25, 0.3) is 0 Å². The van der Waals surface area contributed by atoms with E-state index in [0.29, 0.717) is 34.7 Å². The molecular formula is C33H29F2N3O4. The van der Waals surface area contributed by atoms with Crippen LogP contribution in [0.25, 0.3) is 10.9 Å². The van der Waals surface area contributed by atoms with Gasteiger partial charge in [-0.05, 0) is 84.3 Å². The number of halogens is 2. The van der Waals surface area contributed by atoms with Crippen LogP contribution in [0.1, 0.15) is 17.5 Å². The fourth-order valence-electron chi connectivity index (χ4n) is 4.42. The third kappa shape index (κ3) is 7.80. The Hall–Kier alpha value is -5.02. The van der Waals surface area contributed by atoms with Crippen molar-refractivity contribution < 1.29 is 27.8 Å². The van der Waals surface area contributed by atoms with Crippen LogP contribution < -0.4 is 15.4 Å². The quantitative estimate of drug-likeness (QED) is 0.149. The molecular weight excluding hydrogens is 540 g/mol. The number of fused-ring (bicyclic) bond motifs is 1. The summed E-state index contributed by atoms with van der Waals surface area (Å²) >= 11 is 0. The summed E-state index contributed by atoms with van der Waals surface area (Å²) in [5, 5.41) is 6.25. The van der Waals surface area contributed by atoms with E-state index < -0.39 is 17.8 Å². The van der Waals surface area contributed by atoms with E-state index in [2.05, 4.69) is 15.6 Å². The molecule has 0 fully saturated rings. The summed E-state index contributed by atoms with van der Waals surface area (Å²) in [6.45, 7) is 0.607. The van der Waals surface area contributed by atoms with Crippen molar-refractivity contribution in [2.24, 2.45) is 0 Å². The summed E-state index contributed by atoms with van der Waals surface area (Å²) in [5.74, 6) is -0.567. The molecule has 0 spiro atoms. The van der Waals surface area contributed by atoms with Gasteiger partial charge in [-0.1, -0.05) is 30.3 Å². The van der Waals surface area contributed by atoms with Gasteiger partial charge in [0, 0.05) is 29.4 Å². The molecule has 0 bridgehead atoms. The zero-order valence-electron chi connectivity index (χ0n) is 22.6. The molecule has 0 aliphatic heterocycles. The van der Waals surface area contributed by atoms with Gasteiger partial charge in [-0.15, -0.1) is 0 Å². The van der Waals surface area contributed by atoms with Gasteiger partial charge in [0.15, 0.2) is 0 Å². The second-order valence-electron chi connectivity index (χ2n) is 9.70. The zero-order chi connectivity index (χ0) is 29.3. The van der Waals surface area contributed by atoms with E-state index in [1.54, 1.807) is 36.5 Å². The third-order valence-corrected chi connectivity index (χ3v) is 6.57. The Balaban J connectivity index is 1.22. The van der Waals surface area contributed by atoms with Crippen LogP contribution in [0.3, 0.4) is 0 Å². The van der Waals surface area contributed by atoms with Crippen LogP contribution >= 0.6 is 0 Å². The second-order valence-corrected chi connectivity index (χ2v) is 9.70. The molecule has 214 valence electrons. The maximum atomic E-state index is 13.8. The van der Waals surface area contributed by atoms with Gasteiger partial charge in [-0.3, -0.25) is 9.59 Å². The molecule has 3 N–H and O–H groups in total. The molecule has 0 unspecified atom stereocenters. The highest BCUT2D eigenvalue weighted by Gasteiger charge is 2.22. The van der Waals surface area contributed by atoms with Gasteiger partial charge >= 0.3 is 0 Å². The summed E-state index contributed by atoms with van der Waals surface area (Å²) in [6, 6.07) is 25.4. The van der Waals surface area contributed by atoms with Crippen molar-refractivity contribution in [3.05, 3.63) is 126 Å². The molecule has 1 heterocycles. The average Bonchev–Trinajstić information content (AvgIpc) is 3.38. The number of aromatic amines is 1. The van der Waals surface area contributed by atoms with E-state index >= 15 is 0 Å². The number of carbonyl (C=O) groups is 2. The normalized spacial score (nSPS) is 11.7. The Kier molecular flexibility index (Phi) is 9.20. The van der Waals surface area contributed by atoms with E-state index in [1.807, 2.05) is 30.3 Å². The Bertz CT molecular complexity index is 1640. The SMILES string of the molecule is O=C(Cc1c[nH]c2ccc(F)cc12)N[C@@H](CCOCc1ccccc1)C(=O)Nc1ccc(Oc2ccc(F)cc2)cc1. The van der Waals surface area contributed by atoms with E-state index in [1.165, 1.54) is 36.4 Å². The van der Waals surface area contributed by atoms with E-state index in [0.717, 1.165) is 11.1 Å². The fraction of sp³-hybridized carbons (Fsp3) is 0.152. The molecule has 0 aliphatic rings. The molecule has 9 heteroatoms. The van der Waals surface area contributed by atoms with Gasteiger partial charge in [0.2, 0.25) is 11.8 Å². The molecule has 1 aromatic heterocycles. The van der Waals surface area contributed by atoms with Crippen molar-refractivity contribution in [3.63, 3.8) is 0 Å². The van der Waals surface area contributed by atoms with E-state index in [4.69, 9.17) is 9.47 Å². The van der Waals surface area contributed by atoms with Crippen molar-refractivity contribution in [1.82, 2.24) is 10.3 Å². The van der Waals surface area contributed by atoms with Crippen LogP contribution in [0.15, 0.2) is 103 Å². The lowest BCUT2D eigenvalue weighted by molar-refractivity contribution is -0.126. The maximum absolute atomic E-state index is 13.8. The van der Waals surface area contributed by atoms with E-state index in [9.17, 15) is 18.4 Å². The molecule has 2 amide bonds. The first kappa shape index (κ1) is 28.5. The number of rotatable bonds is 12. The number of hydrogen-bond acceptors (Lipinski definition) is 4. The van der Waals surface area contributed by atoms with Crippen LogP contribution in [0, 0.1) is 11.6 Å². The Morgan fingerprint density at radius 1 is 0.833 bits per heavy atom. The highest BCUT2D eigenvalue weighted by atomic mass is 19.1. The number of carbonyl (C=O) groups excluding carboxylic acids is 2. The van der Waals surface area contributed by atoms with Crippen LogP contribution in [-0.2, 0) is 27.4 Å². The molecule has 42 heavy (non-hydrogen) atoms. The highest BCUT2D eigenvalue weighted by Crippen LogP contribution is 2.24. The molecule has 7 nitrogen and oxygen atoms in total. The lowest BCUT2D eigenvalue weighted by atomic mass is 10.1. The van der Waals surface area contributed by atoms with Gasteiger partial charge in [-0.25, -0.2) is 8.78 Å². The first-order valence-corrected chi connectivity index (χ1v) is 13.4. The topological polar surface area (TPSA) is 92.5 Å². The highest BCUT2D eigenvalue weighted by molar-refractivity contribution is 5.98. The molecule has 1 atom stereocenters. The van der Waals surface area contributed by atoms with E-state index in [-0.39, 0.29) is 31.2 Å². The number of H-pyrrole nitrogens is 1. The van der Waals surface area contributed by atoms with Crippen molar-refractivity contribution in [3.8, 4) is 11.5 Å². The lowest BCUT2D eigenvalue weighted by Crippen LogP contribution is -2.45. The lowest BCUT2D eigenvalue weighted by Gasteiger charge is -2.19. The molecule has 4 aromatic carbocycles. The minimum Gasteiger partial charge on any atom is -0.457 e. The fourth-order valence-corrected chi connectivity index (χ4v) is 4.42. The average molecular weight is 570 g/mol. The van der Waals surface area contributed by atoms with Crippen LogP contribution in [0.5, 0.6) is 11.5 Å². The minimum absolute atomic E-state index is 0.0342. The van der Waals surface area contributed by atoms with Gasteiger partial charge in [0.05, 0.1) is 13.0 Å². The number of hydrogen-bond donors (Lipinski definition) is 3. The van der Waals surface area contributed by atoms with Crippen LogP contribution in [-0.4, -0.2) is 29.4 Å². The zero-order valence-corrected chi connectivity index (χ0v) is 22.6. The number of benzene rings is 4. The van der Waals surface area contributed by atoms with Crippen molar-refractivity contribution in [2.45, 2.75) is 25.5 Å². The largest absolute Gasteiger partial charge is 0.457 e. The molecule has 5 aromatic rings. The number of anilines is 1. The van der Waals surface area contributed by atoms with Gasteiger partial charge < -0.3 is 25.1 Å². The Labute approximate surface area is 241 Å². The maximum Gasteiger partial charge on any atom is 0.247 e. The second kappa shape index (κ2) is 13.6. The standard InChI is InChI=1S/C33H29F2N3O4/c34-24-6-11-27(12-7-24)42-28-13-9-26(10-14-28)37-33(40)31(16-17-41-21-22-4-2-1-3-5-22)38-32(39)18-23-20-36-30-15-8-25(35)19-29(23)30/h1-15,19-20,31,36H,16-18,21H2,(H,37,40)(H,38,39)/t31-/m0/s1. The summed E-state index contributed by atoms with van der Waals surface area (Å²) in [7, 11) is 0. The molecule has 0 saturated carbocycles. The van der Waals surface area contributed by atoms with Crippen molar-refractivity contribution in [1.29, 1.82) is 0 Å². The molecule has 0 saturated heterocycles.